The fraction of sp³-hybridized carbons (Fsp3) is 0.727. The minimum Gasteiger partial charge on any atom is -0.222 e. The zero-order valence-electron chi connectivity index (χ0n) is 32.7. The Morgan fingerprint density at radius 2 is 0.654 bits per heavy atom. The number of hydrogen-bond donors (Lipinski definition) is 0. The monoisotopic (exact) mass is 910 g/mol. The van der Waals surface area contributed by atoms with Crippen LogP contribution >= 0.6 is 77.2 Å². The van der Waals surface area contributed by atoms with Crippen molar-refractivity contribution in [3.05, 3.63) is 30.8 Å². The number of thiophene rings is 2. The summed E-state index contributed by atoms with van der Waals surface area (Å²) in [5, 5.41) is 2.29. The van der Waals surface area contributed by atoms with Gasteiger partial charge in [0.15, 0.2) is 9.66 Å². The Hall–Kier alpha value is -0.120. The number of thiazole rings is 2. The Balaban J connectivity index is 1.13. The van der Waals surface area contributed by atoms with E-state index >= 15 is 0 Å². The summed E-state index contributed by atoms with van der Waals surface area (Å²) < 4.78 is 2.43. The lowest BCUT2D eigenvalue weighted by atomic mass is 10.0. The summed E-state index contributed by atoms with van der Waals surface area (Å²) in [6.07, 6.45) is 41.6. The molecule has 0 atom stereocenters. The van der Waals surface area contributed by atoms with Crippen molar-refractivity contribution < 1.29 is 0 Å². The van der Waals surface area contributed by atoms with Gasteiger partial charge in [-0.05, 0) is 80.8 Å². The summed E-state index contributed by atoms with van der Waals surface area (Å²) in [6, 6.07) is 4.67. The maximum Gasteiger partial charge on any atom is 0.155 e. The van der Waals surface area contributed by atoms with Gasteiger partial charge in [0.2, 0.25) is 0 Å². The first-order chi connectivity index (χ1) is 25.6. The van der Waals surface area contributed by atoms with E-state index in [1.165, 1.54) is 208 Å². The average Bonchev–Trinajstić information content (AvgIpc) is 3.91. The maximum absolute atomic E-state index is 5.16. The molecule has 4 aromatic heterocycles. The first kappa shape index (κ1) is 44.6. The molecule has 0 fully saturated rings. The Bertz CT molecular complexity index is 1350. The lowest BCUT2D eigenvalue weighted by Crippen LogP contribution is -1.87. The van der Waals surface area contributed by atoms with E-state index in [0.717, 1.165) is 32.5 Å². The lowest BCUT2D eigenvalue weighted by Gasteiger charge is -2.04. The third-order valence-electron chi connectivity index (χ3n) is 10.5. The van der Waals surface area contributed by atoms with Crippen LogP contribution < -0.4 is 0 Å². The van der Waals surface area contributed by atoms with Gasteiger partial charge >= 0.3 is 0 Å². The van der Waals surface area contributed by atoms with Crippen LogP contribution in [0.15, 0.2) is 19.7 Å². The maximum atomic E-state index is 5.16. The second-order valence-electron chi connectivity index (χ2n) is 15.2. The molecule has 4 heterocycles. The van der Waals surface area contributed by atoms with Gasteiger partial charge in [-0.1, -0.05) is 203 Å². The van der Waals surface area contributed by atoms with Gasteiger partial charge in [0, 0.05) is 0 Å². The number of aryl methyl sites for hydroxylation is 2. The van der Waals surface area contributed by atoms with Gasteiger partial charge in [-0.2, -0.15) is 0 Å². The first-order valence-corrected chi connectivity index (χ1v) is 26.3. The number of rotatable bonds is 32. The molecule has 0 N–H and O–H groups in total. The molecule has 8 heteroatoms. The van der Waals surface area contributed by atoms with Crippen molar-refractivity contribution in [1.29, 1.82) is 0 Å². The molecule has 0 saturated heterocycles. The van der Waals surface area contributed by atoms with E-state index in [4.69, 9.17) is 9.97 Å². The molecule has 0 bridgehead atoms. The number of aromatic nitrogens is 2. The van der Waals surface area contributed by atoms with E-state index in [9.17, 15) is 0 Å². The zero-order chi connectivity index (χ0) is 36.6. The molecule has 2 nitrogen and oxygen atoms in total. The molecule has 0 aliphatic heterocycles. The lowest BCUT2D eigenvalue weighted by molar-refractivity contribution is 0.535. The van der Waals surface area contributed by atoms with Crippen molar-refractivity contribution in [2.45, 2.75) is 206 Å². The topological polar surface area (TPSA) is 25.8 Å². The van der Waals surface area contributed by atoms with E-state index < -0.39 is 0 Å². The summed E-state index contributed by atoms with van der Waals surface area (Å²) >= 11 is 14.8. The molecule has 0 saturated carbocycles. The highest BCUT2D eigenvalue weighted by Crippen LogP contribution is 2.45. The van der Waals surface area contributed by atoms with Crippen molar-refractivity contribution in [1.82, 2.24) is 9.97 Å². The first-order valence-electron chi connectivity index (χ1n) is 21.4. The van der Waals surface area contributed by atoms with E-state index in [-0.39, 0.29) is 0 Å². The van der Waals surface area contributed by atoms with Crippen LogP contribution in [0.4, 0.5) is 0 Å². The van der Waals surface area contributed by atoms with Crippen LogP contribution in [0.3, 0.4) is 0 Å². The predicted octanol–water partition coefficient (Wildman–Crippen LogP) is 18.8. The highest BCUT2D eigenvalue weighted by molar-refractivity contribution is 9.11. The molecule has 0 aliphatic rings. The number of halogens is 2. The third kappa shape index (κ3) is 16.9. The normalized spacial score (nSPS) is 11.8. The molecule has 4 rings (SSSR count). The minimum atomic E-state index is 1.09. The zero-order valence-corrected chi connectivity index (χ0v) is 39.1. The predicted molar refractivity (Wildman–Crippen MR) is 245 cm³/mol. The van der Waals surface area contributed by atoms with Gasteiger partial charge in [-0.25, -0.2) is 9.97 Å². The molecule has 52 heavy (non-hydrogen) atoms. The molecule has 0 unspecified atom stereocenters. The van der Waals surface area contributed by atoms with E-state index in [0.29, 0.717) is 0 Å². The van der Waals surface area contributed by atoms with Crippen molar-refractivity contribution >= 4 is 86.9 Å². The number of unbranched alkanes of at least 4 members (excludes halogenated alkanes) is 26. The van der Waals surface area contributed by atoms with E-state index in [1.807, 2.05) is 22.7 Å². The van der Waals surface area contributed by atoms with Gasteiger partial charge in [0.25, 0.3) is 0 Å². The Labute approximate surface area is 351 Å². The molecule has 0 spiro atoms. The van der Waals surface area contributed by atoms with Crippen LogP contribution in [-0.4, -0.2) is 9.97 Å². The number of fused-ring (bicyclic) bond motifs is 1. The third-order valence-corrected chi connectivity index (χ3v) is 16.2. The summed E-state index contributed by atoms with van der Waals surface area (Å²) in [4.78, 5) is 15.2. The van der Waals surface area contributed by atoms with Crippen molar-refractivity contribution in [3.8, 4) is 19.8 Å². The summed E-state index contributed by atoms with van der Waals surface area (Å²) in [5.74, 6) is 0. The quantitative estimate of drug-likeness (QED) is 0.0456. The van der Waals surface area contributed by atoms with E-state index in [1.54, 1.807) is 22.7 Å². The second kappa shape index (κ2) is 27.5. The van der Waals surface area contributed by atoms with Crippen molar-refractivity contribution in [2.75, 3.05) is 0 Å². The largest absolute Gasteiger partial charge is 0.222 e. The van der Waals surface area contributed by atoms with Crippen LogP contribution in [0, 0.1) is 0 Å². The van der Waals surface area contributed by atoms with Gasteiger partial charge in [0.05, 0.1) is 17.3 Å². The van der Waals surface area contributed by atoms with Crippen LogP contribution in [0.25, 0.3) is 29.4 Å². The standard InChI is InChI=1S/C44H68Br2N2S4/c1-3-5-7-9-11-13-15-17-19-21-23-25-27-29-31-35-33-37(45)49-39(35)41-47-43-44(51-41)48-42(52-43)40-36(34-38(46)50-40)32-30-28-26-24-22-20-18-16-14-12-10-8-6-4-2/h33-34H,3-32H2,1-2H3. The van der Waals surface area contributed by atoms with Crippen molar-refractivity contribution in [3.63, 3.8) is 0 Å². The van der Waals surface area contributed by atoms with Gasteiger partial charge in [-0.3, -0.25) is 0 Å². The minimum absolute atomic E-state index is 1.09. The van der Waals surface area contributed by atoms with Gasteiger partial charge < -0.3 is 0 Å². The second-order valence-corrected chi connectivity index (χ2v) is 22.0. The highest BCUT2D eigenvalue weighted by Gasteiger charge is 2.20. The summed E-state index contributed by atoms with van der Waals surface area (Å²) in [6.45, 7) is 4.60. The molecule has 292 valence electrons. The number of nitrogens with zero attached hydrogens (tertiary/aromatic N) is 2. The fourth-order valence-electron chi connectivity index (χ4n) is 7.38. The van der Waals surface area contributed by atoms with Crippen LogP contribution in [-0.2, 0) is 12.8 Å². The van der Waals surface area contributed by atoms with Crippen LogP contribution in [0.2, 0.25) is 0 Å². The molecule has 0 aliphatic carbocycles. The molecule has 0 aromatic carbocycles. The van der Waals surface area contributed by atoms with Crippen molar-refractivity contribution in [2.24, 2.45) is 0 Å². The van der Waals surface area contributed by atoms with Crippen LogP contribution in [0.5, 0.6) is 0 Å². The Kier molecular flexibility index (Phi) is 23.6. The molecule has 4 aromatic rings. The molecular formula is C44H68Br2N2S4. The number of hydrogen-bond acceptors (Lipinski definition) is 6. The average molecular weight is 913 g/mol. The SMILES string of the molecule is CCCCCCCCCCCCCCCCc1cc(Br)sc1-c1nc2sc(-c3sc(Br)cc3CCCCCCCCCCCCCCCC)nc2s1. The summed E-state index contributed by atoms with van der Waals surface area (Å²) in [5.41, 5.74) is 2.91. The highest BCUT2D eigenvalue weighted by atomic mass is 79.9. The molecule has 0 amide bonds. The molecular weight excluding hydrogens is 845 g/mol. The Morgan fingerprint density at radius 1 is 0.385 bits per heavy atom. The smallest absolute Gasteiger partial charge is 0.155 e. The van der Waals surface area contributed by atoms with Crippen LogP contribution in [0.1, 0.15) is 205 Å². The summed E-state index contributed by atoms with van der Waals surface area (Å²) in [7, 11) is 0. The van der Waals surface area contributed by atoms with Gasteiger partial charge in [0.1, 0.15) is 10.0 Å². The Morgan fingerprint density at radius 3 is 0.942 bits per heavy atom. The molecule has 0 radical (unpaired) electrons. The van der Waals surface area contributed by atoms with E-state index in [2.05, 4.69) is 57.8 Å². The van der Waals surface area contributed by atoms with Gasteiger partial charge in [-0.15, -0.1) is 22.7 Å². The fourth-order valence-corrected chi connectivity index (χ4v) is 13.0.